The van der Waals surface area contributed by atoms with Gasteiger partial charge in [0.25, 0.3) is 6.17 Å². The zero-order chi connectivity index (χ0) is 25.1. The number of carbonyl (C=O) groups is 1. The zero-order valence-corrected chi connectivity index (χ0v) is 21.7. The number of rotatable bonds is 8. The Morgan fingerprint density at radius 1 is 1.14 bits per heavy atom. The molecule has 1 saturated carbocycles. The van der Waals surface area contributed by atoms with Crippen LogP contribution in [0.4, 0.5) is 5.69 Å². The molecule has 5 rings (SSSR count). The maximum absolute atomic E-state index is 13.4. The molecule has 1 unspecified atom stereocenters. The molecule has 1 aliphatic carbocycles. The van der Waals surface area contributed by atoms with Gasteiger partial charge in [0, 0.05) is 23.3 Å². The average molecular weight is 506 g/mol. The van der Waals surface area contributed by atoms with Crippen LogP contribution >= 0.6 is 11.8 Å². The van der Waals surface area contributed by atoms with E-state index in [9.17, 15) is 9.59 Å². The monoisotopic (exact) mass is 505 g/mol. The number of fused-ring (bicyclic) bond motifs is 3. The van der Waals surface area contributed by atoms with Gasteiger partial charge in [0.2, 0.25) is 11.1 Å². The molecule has 0 bridgehead atoms. The van der Waals surface area contributed by atoms with Gasteiger partial charge < -0.3 is 4.74 Å². The molecule has 2 heterocycles. The van der Waals surface area contributed by atoms with Crippen molar-refractivity contribution in [3.8, 4) is 17.0 Å². The van der Waals surface area contributed by atoms with Crippen LogP contribution in [0.15, 0.2) is 58.5 Å². The van der Waals surface area contributed by atoms with Crippen molar-refractivity contribution in [3.63, 3.8) is 0 Å². The van der Waals surface area contributed by atoms with Crippen LogP contribution < -0.4 is 19.9 Å². The lowest BCUT2D eigenvalue weighted by Crippen LogP contribution is -2.60. The number of benzene rings is 2. The van der Waals surface area contributed by atoms with Crippen LogP contribution in [0.3, 0.4) is 0 Å². The Hall–Kier alpha value is -3.13. The van der Waals surface area contributed by atoms with Gasteiger partial charge in [0.15, 0.2) is 0 Å². The third-order valence-electron chi connectivity index (χ3n) is 6.87. The summed E-state index contributed by atoms with van der Waals surface area (Å²) < 4.78 is 7.88. The zero-order valence-electron chi connectivity index (χ0n) is 20.9. The van der Waals surface area contributed by atoms with Crippen LogP contribution in [0.2, 0.25) is 0 Å². The molecule has 8 heteroatoms. The van der Waals surface area contributed by atoms with Crippen LogP contribution in [-0.4, -0.2) is 27.8 Å². The Bertz CT molecular complexity index is 1280. The summed E-state index contributed by atoms with van der Waals surface area (Å²) >= 11 is 1.54. The summed E-state index contributed by atoms with van der Waals surface area (Å²) in [5, 5.41) is 5.43. The maximum Gasteiger partial charge on any atom is 0.325 e. The maximum atomic E-state index is 13.4. The molecule has 1 fully saturated rings. The van der Waals surface area contributed by atoms with E-state index >= 15 is 0 Å². The van der Waals surface area contributed by atoms with Crippen molar-refractivity contribution in [2.45, 2.75) is 76.2 Å². The highest BCUT2D eigenvalue weighted by Gasteiger charge is 2.44. The topological polar surface area (TPSA) is 79.2 Å². The lowest BCUT2D eigenvalue weighted by molar-refractivity contribution is -0.763. The first-order chi connectivity index (χ1) is 17.6. The number of para-hydroxylation sites is 1. The van der Waals surface area contributed by atoms with Gasteiger partial charge in [-0.3, -0.25) is 14.6 Å². The minimum absolute atomic E-state index is 0.115. The molecule has 0 spiro atoms. The quantitative estimate of drug-likeness (QED) is 0.257. The number of carbonyl (C=O) groups excluding carboxylic acids is 1. The lowest BCUT2D eigenvalue weighted by atomic mass is 10.0. The summed E-state index contributed by atoms with van der Waals surface area (Å²) in [7, 11) is 0. The Balaban J connectivity index is 1.57. The number of unbranched alkanes of at least 4 members (excludes halogenated alkanes) is 2. The number of aromatic nitrogens is 3. The molecule has 7 nitrogen and oxygen atoms in total. The van der Waals surface area contributed by atoms with E-state index in [4.69, 9.17) is 9.84 Å². The van der Waals surface area contributed by atoms with Crippen molar-refractivity contribution in [2.75, 3.05) is 10.7 Å². The first-order valence-corrected chi connectivity index (χ1v) is 13.9. The summed E-state index contributed by atoms with van der Waals surface area (Å²) in [4.78, 5) is 31.1. The molecule has 1 aromatic heterocycles. The Morgan fingerprint density at radius 2 is 1.89 bits per heavy atom. The van der Waals surface area contributed by atoms with E-state index in [1.807, 2.05) is 48.5 Å². The molecule has 188 valence electrons. The summed E-state index contributed by atoms with van der Waals surface area (Å²) in [6.45, 7) is 3.72. The van der Waals surface area contributed by atoms with E-state index < -0.39 is 6.17 Å². The van der Waals surface area contributed by atoms with Crippen LogP contribution in [0.25, 0.3) is 11.3 Å². The molecular weight excluding hydrogens is 472 g/mol. The van der Waals surface area contributed by atoms with Crippen molar-refractivity contribution >= 4 is 23.4 Å². The van der Waals surface area contributed by atoms with E-state index in [2.05, 4.69) is 11.9 Å². The van der Waals surface area contributed by atoms with Gasteiger partial charge in [0.05, 0.1) is 17.4 Å². The van der Waals surface area contributed by atoms with Gasteiger partial charge in [0.1, 0.15) is 5.75 Å². The predicted octanol–water partition coefficient (Wildman–Crippen LogP) is 5.24. The number of nitrogens with one attached hydrogen (secondary N) is 1. The van der Waals surface area contributed by atoms with Gasteiger partial charge >= 0.3 is 11.3 Å². The van der Waals surface area contributed by atoms with Crippen LogP contribution in [0.5, 0.6) is 5.75 Å². The van der Waals surface area contributed by atoms with E-state index in [0.717, 1.165) is 49.2 Å². The van der Waals surface area contributed by atoms with E-state index in [-0.39, 0.29) is 17.6 Å². The number of ether oxygens (including phenoxy) is 1. The summed E-state index contributed by atoms with van der Waals surface area (Å²) in [5.74, 6) is 1.59. The molecular formula is C28H33N4O3S+. The number of amides is 1. The molecule has 1 atom stereocenters. The Labute approximate surface area is 215 Å². The van der Waals surface area contributed by atoms with Crippen molar-refractivity contribution < 1.29 is 14.2 Å². The number of aromatic amines is 1. The van der Waals surface area contributed by atoms with Gasteiger partial charge in [-0.15, -0.1) is 0 Å². The molecule has 3 aromatic rings. The number of hydrogen-bond acceptors (Lipinski definition) is 5. The standard InChI is InChI=1S/C28H32N4O3S/c1-3-4-9-18-36-28-29-26(34)25-23-12-7-8-13-24(23)31(19(2)33)27(32(25)30-28)20-14-16-22(17-15-20)35-21-10-5-6-11-21/h7-8,12-17,21,27H,3-6,9-11,18H2,1-2H3/p+1. The van der Waals surface area contributed by atoms with Crippen LogP contribution in [0, 0.1) is 0 Å². The first-order valence-electron chi connectivity index (χ1n) is 12.9. The highest BCUT2D eigenvalue weighted by molar-refractivity contribution is 7.99. The second kappa shape index (κ2) is 10.9. The third-order valence-corrected chi connectivity index (χ3v) is 7.82. The minimum Gasteiger partial charge on any atom is -0.490 e. The molecule has 0 saturated heterocycles. The van der Waals surface area contributed by atoms with Gasteiger partial charge in [-0.2, -0.15) is 0 Å². The average Bonchev–Trinajstić information content (AvgIpc) is 3.39. The number of hydrogen-bond donors (Lipinski definition) is 1. The molecule has 1 N–H and O–H groups in total. The molecule has 0 radical (unpaired) electrons. The molecule has 2 aliphatic rings. The van der Waals surface area contributed by atoms with Crippen LogP contribution in [0.1, 0.15) is 70.5 Å². The highest BCUT2D eigenvalue weighted by Crippen LogP contribution is 2.37. The second-order valence-electron chi connectivity index (χ2n) is 9.48. The number of anilines is 1. The normalized spacial score (nSPS) is 17.1. The highest BCUT2D eigenvalue weighted by atomic mass is 32.2. The van der Waals surface area contributed by atoms with E-state index in [0.29, 0.717) is 22.1 Å². The summed E-state index contributed by atoms with van der Waals surface area (Å²) in [6, 6.07) is 15.4. The fourth-order valence-electron chi connectivity index (χ4n) is 5.12. The smallest absolute Gasteiger partial charge is 0.325 e. The third kappa shape index (κ3) is 4.91. The fraction of sp³-hybridized carbons (Fsp3) is 0.429. The van der Waals surface area contributed by atoms with E-state index in [1.54, 1.807) is 28.3 Å². The van der Waals surface area contributed by atoms with Gasteiger partial charge in [-0.1, -0.05) is 43.7 Å². The number of nitrogens with zero attached hydrogens (tertiary/aromatic N) is 3. The Morgan fingerprint density at radius 3 is 2.61 bits per heavy atom. The van der Waals surface area contributed by atoms with Crippen LogP contribution in [-0.2, 0) is 4.79 Å². The van der Waals surface area contributed by atoms with Crippen molar-refractivity contribution in [2.24, 2.45) is 0 Å². The first kappa shape index (κ1) is 24.6. The van der Waals surface area contributed by atoms with Crippen molar-refractivity contribution in [3.05, 3.63) is 64.4 Å². The van der Waals surface area contributed by atoms with Gasteiger partial charge in [-0.25, -0.2) is 4.90 Å². The number of H-pyrrole nitrogens is 1. The molecule has 36 heavy (non-hydrogen) atoms. The lowest BCUT2D eigenvalue weighted by Gasteiger charge is -2.31. The molecule has 2 aromatic carbocycles. The molecule has 1 amide bonds. The van der Waals surface area contributed by atoms with E-state index in [1.165, 1.54) is 12.8 Å². The number of thioether (sulfide) groups is 1. The fourth-order valence-corrected chi connectivity index (χ4v) is 5.97. The van der Waals surface area contributed by atoms with Crippen molar-refractivity contribution in [1.29, 1.82) is 0 Å². The minimum atomic E-state index is -0.578. The second-order valence-corrected chi connectivity index (χ2v) is 10.6. The van der Waals surface area contributed by atoms with Gasteiger partial charge in [-0.05, 0) is 73.2 Å². The predicted molar refractivity (Wildman–Crippen MR) is 141 cm³/mol. The SMILES string of the molecule is CCCCCSc1n[n+]2c(c(=O)[nH]1)-c1ccccc1N(C(C)=O)C2c1ccc(OC2CCCC2)cc1. The Kier molecular flexibility index (Phi) is 7.41. The largest absolute Gasteiger partial charge is 0.490 e. The summed E-state index contributed by atoms with van der Waals surface area (Å²) in [6.07, 6.45) is 7.63. The van der Waals surface area contributed by atoms with Crippen molar-refractivity contribution in [1.82, 2.24) is 10.1 Å². The summed E-state index contributed by atoms with van der Waals surface area (Å²) in [5.41, 5.74) is 2.52. The molecule has 1 aliphatic heterocycles.